The highest BCUT2D eigenvalue weighted by Gasteiger charge is 2.13. The molecule has 0 saturated carbocycles. The van der Waals surface area contributed by atoms with E-state index < -0.39 is 0 Å². The van der Waals surface area contributed by atoms with Crippen LogP contribution < -0.4 is 0 Å². The van der Waals surface area contributed by atoms with Gasteiger partial charge in [-0.1, -0.05) is 19.9 Å². The van der Waals surface area contributed by atoms with Gasteiger partial charge in [-0.3, -0.25) is 0 Å². The Morgan fingerprint density at radius 2 is 1.77 bits per heavy atom. The van der Waals surface area contributed by atoms with Crippen molar-refractivity contribution >= 4 is 15.9 Å². The van der Waals surface area contributed by atoms with Gasteiger partial charge in [0, 0.05) is 5.56 Å². The Hall–Kier alpha value is -0.500. The number of hydrogen-bond acceptors (Lipinski definition) is 1. The van der Waals surface area contributed by atoms with Crippen LogP contribution in [0.5, 0.6) is 5.75 Å². The first-order valence-electron chi connectivity index (χ1n) is 4.43. The molecule has 0 aliphatic heterocycles. The molecule has 13 heavy (non-hydrogen) atoms. The molecule has 0 aliphatic rings. The summed E-state index contributed by atoms with van der Waals surface area (Å²) in [6, 6.07) is 2.10. The molecular weight excluding hydrogens is 228 g/mol. The largest absolute Gasteiger partial charge is 0.506 e. The highest BCUT2D eigenvalue weighted by atomic mass is 79.9. The standard InChI is InChI=1S/C11H15BrO/c1-6(2)9-7(3)5-8(4)10(12)11(9)13/h5-6,13H,1-4H3. The second-order valence-corrected chi connectivity index (χ2v) is 4.53. The van der Waals surface area contributed by atoms with Crippen molar-refractivity contribution in [3.05, 3.63) is 27.2 Å². The Bertz CT molecular complexity index is 329. The maximum atomic E-state index is 9.88. The van der Waals surface area contributed by atoms with Gasteiger partial charge in [0.15, 0.2) is 0 Å². The Labute approximate surface area is 87.9 Å². The summed E-state index contributed by atoms with van der Waals surface area (Å²) in [5.74, 6) is 0.754. The third kappa shape index (κ3) is 1.88. The van der Waals surface area contributed by atoms with Crippen LogP contribution in [0.4, 0.5) is 0 Å². The summed E-state index contributed by atoms with van der Waals surface area (Å²) >= 11 is 3.38. The molecule has 0 spiro atoms. The minimum absolute atomic E-state index is 0.358. The van der Waals surface area contributed by atoms with Crippen molar-refractivity contribution in [2.75, 3.05) is 0 Å². The van der Waals surface area contributed by atoms with Crippen LogP contribution in [0.2, 0.25) is 0 Å². The van der Waals surface area contributed by atoms with E-state index in [2.05, 4.69) is 35.8 Å². The zero-order valence-electron chi connectivity index (χ0n) is 8.48. The summed E-state index contributed by atoms with van der Waals surface area (Å²) in [5, 5.41) is 9.88. The van der Waals surface area contributed by atoms with Crippen molar-refractivity contribution in [1.82, 2.24) is 0 Å². The number of hydrogen-bond donors (Lipinski definition) is 1. The van der Waals surface area contributed by atoms with Gasteiger partial charge in [0.05, 0.1) is 4.47 Å². The molecule has 0 bridgehead atoms. The topological polar surface area (TPSA) is 20.2 Å². The molecule has 72 valence electrons. The fraction of sp³-hybridized carbons (Fsp3) is 0.455. The summed E-state index contributed by atoms with van der Waals surface area (Å²) in [4.78, 5) is 0. The Morgan fingerprint density at radius 1 is 1.23 bits per heavy atom. The molecule has 0 aromatic heterocycles. The number of aryl methyl sites for hydroxylation is 2. The van der Waals surface area contributed by atoms with Crippen LogP contribution in [0, 0.1) is 13.8 Å². The molecule has 0 aliphatic carbocycles. The lowest BCUT2D eigenvalue weighted by Crippen LogP contribution is -1.95. The molecule has 0 atom stereocenters. The lowest BCUT2D eigenvalue weighted by atomic mass is 9.95. The molecule has 1 rings (SSSR count). The fourth-order valence-corrected chi connectivity index (χ4v) is 2.01. The SMILES string of the molecule is Cc1cc(C)c(C(C)C)c(O)c1Br. The quantitative estimate of drug-likeness (QED) is 0.793. The number of halogens is 1. The highest BCUT2D eigenvalue weighted by molar-refractivity contribution is 9.10. The zero-order chi connectivity index (χ0) is 10.2. The zero-order valence-corrected chi connectivity index (χ0v) is 10.1. The Kier molecular flexibility index (Phi) is 3.01. The van der Waals surface area contributed by atoms with Crippen molar-refractivity contribution in [3.8, 4) is 5.75 Å². The second kappa shape index (κ2) is 3.70. The summed E-state index contributed by atoms with van der Waals surface area (Å²) in [7, 11) is 0. The lowest BCUT2D eigenvalue weighted by Gasteiger charge is -2.14. The first-order valence-corrected chi connectivity index (χ1v) is 5.23. The van der Waals surface area contributed by atoms with Gasteiger partial charge in [-0.15, -0.1) is 0 Å². The van der Waals surface area contributed by atoms with Gasteiger partial charge >= 0.3 is 0 Å². The summed E-state index contributed by atoms with van der Waals surface area (Å²) in [6.07, 6.45) is 0. The molecule has 0 heterocycles. The van der Waals surface area contributed by atoms with Gasteiger partial charge in [0.1, 0.15) is 5.75 Å². The minimum Gasteiger partial charge on any atom is -0.506 e. The van der Waals surface area contributed by atoms with Gasteiger partial charge in [0.25, 0.3) is 0 Å². The van der Waals surface area contributed by atoms with E-state index in [-0.39, 0.29) is 0 Å². The molecular formula is C11H15BrO. The Balaban J connectivity index is 3.44. The molecule has 0 radical (unpaired) electrons. The van der Waals surface area contributed by atoms with E-state index in [4.69, 9.17) is 0 Å². The second-order valence-electron chi connectivity index (χ2n) is 3.74. The smallest absolute Gasteiger partial charge is 0.133 e. The highest BCUT2D eigenvalue weighted by Crippen LogP contribution is 2.37. The van der Waals surface area contributed by atoms with E-state index in [9.17, 15) is 5.11 Å². The molecule has 0 saturated heterocycles. The van der Waals surface area contributed by atoms with Crippen molar-refractivity contribution in [3.63, 3.8) is 0 Å². The predicted molar refractivity (Wildman–Crippen MR) is 59.4 cm³/mol. The average Bonchev–Trinajstić information content (AvgIpc) is 1.99. The number of phenolic OH excluding ortho intramolecular Hbond substituents is 1. The lowest BCUT2D eigenvalue weighted by molar-refractivity contribution is 0.460. The maximum Gasteiger partial charge on any atom is 0.133 e. The molecule has 1 aromatic carbocycles. The van der Waals surface area contributed by atoms with Crippen LogP contribution >= 0.6 is 15.9 Å². The molecule has 0 unspecified atom stereocenters. The maximum absolute atomic E-state index is 9.88. The number of benzene rings is 1. The third-order valence-electron chi connectivity index (χ3n) is 2.24. The van der Waals surface area contributed by atoms with E-state index in [1.54, 1.807) is 0 Å². The van der Waals surface area contributed by atoms with Crippen molar-refractivity contribution in [1.29, 1.82) is 0 Å². The van der Waals surface area contributed by atoms with Crippen molar-refractivity contribution in [2.45, 2.75) is 33.6 Å². The summed E-state index contributed by atoms with van der Waals surface area (Å²) in [5.41, 5.74) is 3.28. The molecule has 0 fully saturated rings. The number of aromatic hydroxyl groups is 1. The van der Waals surface area contributed by atoms with Crippen LogP contribution in [-0.4, -0.2) is 5.11 Å². The molecule has 0 amide bonds. The van der Waals surface area contributed by atoms with Gasteiger partial charge in [-0.25, -0.2) is 0 Å². The molecule has 1 nitrogen and oxygen atoms in total. The van der Waals surface area contributed by atoms with E-state index >= 15 is 0 Å². The summed E-state index contributed by atoms with van der Waals surface area (Å²) in [6.45, 7) is 8.20. The average molecular weight is 243 g/mol. The van der Waals surface area contributed by atoms with E-state index in [0.717, 1.165) is 21.2 Å². The first kappa shape index (κ1) is 10.6. The fourth-order valence-electron chi connectivity index (χ4n) is 1.69. The monoisotopic (exact) mass is 242 g/mol. The van der Waals surface area contributed by atoms with E-state index in [1.807, 2.05) is 13.8 Å². The van der Waals surface area contributed by atoms with Crippen LogP contribution in [0.15, 0.2) is 10.5 Å². The minimum atomic E-state index is 0.358. The Morgan fingerprint density at radius 3 is 2.23 bits per heavy atom. The van der Waals surface area contributed by atoms with E-state index in [0.29, 0.717) is 11.7 Å². The molecule has 1 N–H and O–H groups in total. The van der Waals surface area contributed by atoms with Gasteiger partial charge in [-0.05, 0) is 46.8 Å². The molecule has 1 aromatic rings. The van der Waals surface area contributed by atoms with Crippen LogP contribution in [0.3, 0.4) is 0 Å². The van der Waals surface area contributed by atoms with Gasteiger partial charge in [-0.2, -0.15) is 0 Å². The third-order valence-corrected chi connectivity index (χ3v) is 3.25. The van der Waals surface area contributed by atoms with E-state index in [1.165, 1.54) is 0 Å². The van der Waals surface area contributed by atoms with Crippen molar-refractivity contribution < 1.29 is 5.11 Å². The molecule has 2 heteroatoms. The summed E-state index contributed by atoms with van der Waals surface area (Å²) < 4.78 is 0.821. The number of phenols is 1. The van der Waals surface area contributed by atoms with Crippen molar-refractivity contribution in [2.24, 2.45) is 0 Å². The van der Waals surface area contributed by atoms with Gasteiger partial charge in [0.2, 0.25) is 0 Å². The van der Waals surface area contributed by atoms with Crippen LogP contribution in [-0.2, 0) is 0 Å². The van der Waals surface area contributed by atoms with Crippen LogP contribution in [0.1, 0.15) is 36.5 Å². The van der Waals surface area contributed by atoms with Gasteiger partial charge < -0.3 is 5.11 Å². The first-order chi connectivity index (χ1) is 5.95. The number of rotatable bonds is 1. The predicted octanol–water partition coefficient (Wildman–Crippen LogP) is 3.89. The van der Waals surface area contributed by atoms with Crippen LogP contribution in [0.25, 0.3) is 0 Å². The normalized spacial score (nSPS) is 10.9.